The topological polar surface area (TPSA) is 51.2 Å². The van der Waals surface area contributed by atoms with Crippen LogP contribution in [0.25, 0.3) is 0 Å². The summed E-state index contributed by atoms with van der Waals surface area (Å²) in [7, 11) is 0. The molecule has 2 rings (SSSR count). The van der Waals surface area contributed by atoms with Gasteiger partial charge in [0.1, 0.15) is 6.04 Å². The molecule has 0 aliphatic rings. The molecule has 0 amide bonds. The first kappa shape index (κ1) is 15.7. The van der Waals surface area contributed by atoms with Crippen molar-refractivity contribution < 1.29 is 9.53 Å². The van der Waals surface area contributed by atoms with Gasteiger partial charge in [-0.25, -0.2) is 9.78 Å². The molecule has 1 unspecified atom stereocenters. The number of nitrogens with one attached hydrogen (secondary N) is 1. The molecule has 4 nitrogen and oxygen atoms in total. The van der Waals surface area contributed by atoms with Crippen molar-refractivity contribution in [3.05, 3.63) is 52.0 Å². The second-order valence-corrected chi connectivity index (χ2v) is 5.72. The van der Waals surface area contributed by atoms with Gasteiger partial charge in [0, 0.05) is 18.3 Å². The van der Waals surface area contributed by atoms with Gasteiger partial charge >= 0.3 is 5.97 Å². The van der Waals surface area contributed by atoms with Crippen molar-refractivity contribution in [2.24, 2.45) is 0 Å². The number of aromatic nitrogens is 1. The van der Waals surface area contributed by atoms with Gasteiger partial charge in [0.05, 0.1) is 17.3 Å². The summed E-state index contributed by atoms with van der Waals surface area (Å²) >= 11 is 1.64. The van der Waals surface area contributed by atoms with E-state index < -0.39 is 6.04 Å². The number of benzene rings is 1. The van der Waals surface area contributed by atoms with Gasteiger partial charge in [0.25, 0.3) is 0 Å². The molecule has 0 bridgehead atoms. The molecule has 0 saturated heterocycles. The number of carbonyl (C=O) groups is 1. The molecule has 1 N–H and O–H groups in total. The Hall–Kier alpha value is -1.72. The van der Waals surface area contributed by atoms with Crippen LogP contribution in [0.1, 0.15) is 29.2 Å². The number of thiazole rings is 1. The van der Waals surface area contributed by atoms with E-state index in [2.05, 4.69) is 15.7 Å². The Bertz CT molecular complexity index is 569. The van der Waals surface area contributed by atoms with Crippen LogP contribution in [0.15, 0.2) is 35.7 Å². The molecule has 1 heterocycles. The lowest BCUT2D eigenvalue weighted by Gasteiger charge is -2.17. The van der Waals surface area contributed by atoms with Crippen LogP contribution in [0.4, 0.5) is 0 Å². The van der Waals surface area contributed by atoms with E-state index in [-0.39, 0.29) is 5.97 Å². The van der Waals surface area contributed by atoms with Crippen molar-refractivity contribution in [3.8, 4) is 0 Å². The van der Waals surface area contributed by atoms with Crippen molar-refractivity contribution in [1.82, 2.24) is 10.3 Å². The Labute approximate surface area is 129 Å². The van der Waals surface area contributed by atoms with Gasteiger partial charge in [-0.2, -0.15) is 0 Å². The Morgan fingerprint density at radius 3 is 2.76 bits per heavy atom. The van der Waals surface area contributed by atoms with E-state index in [1.165, 1.54) is 0 Å². The van der Waals surface area contributed by atoms with Gasteiger partial charge in [0.2, 0.25) is 0 Å². The third kappa shape index (κ3) is 4.65. The van der Waals surface area contributed by atoms with E-state index in [4.69, 9.17) is 4.74 Å². The zero-order valence-corrected chi connectivity index (χ0v) is 13.2. The maximum absolute atomic E-state index is 12.1. The maximum Gasteiger partial charge on any atom is 0.327 e. The molecule has 0 saturated carbocycles. The zero-order valence-electron chi connectivity index (χ0n) is 12.3. The average molecular weight is 304 g/mol. The Kier molecular flexibility index (Phi) is 5.90. The quantitative estimate of drug-likeness (QED) is 0.799. The van der Waals surface area contributed by atoms with Crippen LogP contribution in [0, 0.1) is 6.92 Å². The molecular formula is C16H20N2O2S. The van der Waals surface area contributed by atoms with E-state index in [1.54, 1.807) is 11.3 Å². The normalized spacial score (nSPS) is 12.1. The van der Waals surface area contributed by atoms with Gasteiger partial charge in [-0.1, -0.05) is 30.3 Å². The first-order valence-electron chi connectivity index (χ1n) is 7.06. The van der Waals surface area contributed by atoms with E-state index in [0.717, 1.165) is 22.7 Å². The minimum Gasteiger partial charge on any atom is -0.465 e. The predicted molar refractivity (Wildman–Crippen MR) is 84.4 cm³/mol. The van der Waals surface area contributed by atoms with E-state index in [0.29, 0.717) is 13.2 Å². The average Bonchev–Trinajstić information content (AvgIpc) is 2.90. The van der Waals surface area contributed by atoms with Crippen LogP contribution in [-0.4, -0.2) is 24.1 Å². The Balaban J connectivity index is 1.97. The smallest absolute Gasteiger partial charge is 0.327 e. The van der Waals surface area contributed by atoms with Crippen molar-refractivity contribution in [2.75, 3.05) is 13.2 Å². The van der Waals surface area contributed by atoms with Gasteiger partial charge in [0.15, 0.2) is 0 Å². The minimum absolute atomic E-state index is 0.238. The Morgan fingerprint density at radius 2 is 2.14 bits per heavy atom. The maximum atomic E-state index is 12.1. The predicted octanol–water partition coefficient (Wildman–Crippen LogP) is 2.89. The molecule has 21 heavy (non-hydrogen) atoms. The molecule has 1 atom stereocenters. The highest BCUT2D eigenvalue weighted by Crippen LogP contribution is 2.15. The second-order valence-electron chi connectivity index (χ2n) is 4.66. The number of rotatable bonds is 7. The molecule has 5 heteroatoms. The zero-order chi connectivity index (χ0) is 15.1. The molecule has 0 aliphatic carbocycles. The van der Waals surface area contributed by atoms with Crippen LogP contribution in [0.2, 0.25) is 0 Å². The van der Waals surface area contributed by atoms with Gasteiger partial charge in [-0.05, 0) is 19.4 Å². The number of hydrogen-bond acceptors (Lipinski definition) is 5. The first-order chi connectivity index (χ1) is 10.2. The fraction of sp³-hybridized carbons (Fsp3) is 0.375. The van der Waals surface area contributed by atoms with E-state index in [9.17, 15) is 4.79 Å². The van der Waals surface area contributed by atoms with Gasteiger partial charge < -0.3 is 10.1 Å². The fourth-order valence-electron chi connectivity index (χ4n) is 2.08. The summed E-state index contributed by atoms with van der Waals surface area (Å²) in [6.45, 7) is 4.88. The summed E-state index contributed by atoms with van der Waals surface area (Å²) in [5.74, 6) is -0.238. The van der Waals surface area contributed by atoms with Crippen molar-refractivity contribution in [3.63, 3.8) is 0 Å². The summed E-state index contributed by atoms with van der Waals surface area (Å²) in [6.07, 6.45) is 0.799. The summed E-state index contributed by atoms with van der Waals surface area (Å²) in [5.41, 5.74) is 1.98. The lowest BCUT2D eigenvalue weighted by atomic mass is 10.1. The SMILES string of the molecule is CCOC(=O)C(NCCc1csc(C)n1)c1ccccc1. The largest absolute Gasteiger partial charge is 0.465 e. The second kappa shape index (κ2) is 7.90. The van der Waals surface area contributed by atoms with E-state index in [1.807, 2.05) is 44.2 Å². The summed E-state index contributed by atoms with van der Waals surface area (Å²) < 4.78 is 5.15. The molecule has 112 valence electrons. The molecule has 0 spiro atoms. The number of carbonyl (C=O) groups excluding carboxylic acids is 1. The van der Waals surface area contributed by atoms with Crippen LogP contribution in [0.3, 0.4) is 0 Å². The van der Waals surface area contributed by atoms with Crippen molar-refractivity contribution in [1.29, 1.82) is 0 Å². The number of aryl methyl sites for hydroxylation is 1. The monoisotopic (exact) mass is 304 g/mol. The highest BCUT2D eigenvalue weighted by Gasteiger charge is 2.20. The third-order valence-corrected chi connectivity index (χ3v) is 3.87. The number of nitrogens with zero attached hydrogens (tertiary/aromatic N) is 1. The molecule has 0 fully saturated rings. The molecule has 2 aromatic rings. The standard InChI is InChI=1S/C16H20N2O2S/c1-3-20-16(19)15(13-7-5-4-6-8-13)17-10-9-14-11-21-12(2)18-14/h4-8,11,15,17H,3,9-10H2,1-2H3. The first-order valence-corrected chi connectivity index (χ1v) is 7.94. The molecule has 0 aliphatic heterocycles. The van der Waals surface area contributed by atoms with Gasteiger partial charge in [-0.3, -0.25) is 0 Å². The molecular weight excluding hydrogens is 284 g/mol. The summed E-state index contributed by atoms with van der Waals surface area (Å²) in [6, 6.07) is 9.22. The lowest BCUT2D eigenvalue weighted by molar-refractivity contribution is -0.145. The van der Waals surface area contributed by atoms with Crippen LogP contribution in [-0.2, 0) is 16.0 Å². The molecule has 1 aromatic heterocycles. The van der Waals surface area contributed by atoms with Crippen LogP contribution in [0.5, 0.6) is 0 Å². The third-order valence-electron chi connectivity index (χ3n) is 3.05. The molecule has 0 radical (unpaired) electrons. The van der Waals surface area contributed by atoms with Crippen LogP contribution < -0.4 is 5.32 Å². The highest BCUT2D eigenvalue weighted by molar-refractivity contribution is 7.09. The highest BCUT2D eigenvalue weighted by atomic mass is 32.1. The van der Waals surface area contributed by atoms with Gasteiger partial charge in [-0.15, -0.1) is 11.3 Å². The summed E-state index contributed by atoms with van der Waals surface area (Å²) in [5, 5.41) is 6.39. The van der Waals surface area contributed by atoms with Crippen molar-refractivity contribution >= 4 is 17.3 Å². The lowest BCUT2D eigenvalue weighted by Crippen LogP contribution is -2.31. The van der Waals surface area contributed by atoms with Crippen molar-refractivity contribution in [2.45, 2.75) is 26.3 Å². The summed E-state index contributed by atoms with van der Waals surface area (Å²) in [4.78, 5) is 16.5. The van der Waals surface area contributed by atoms with Crippen LogP contribution >= 0.6 is 11.3 Å². The number of esters is 1. The van der Waals surface area contributed by atoms with E-state index >= 15 is 0 Å². The fourth-order valence-corrected chi connectivity index (χ4v) is 2.72. The Morgan fingerprint density at radius 1 is 1.38 bits per heavy atom. The number of ether oxygens (including phenoxy) is 1. The molecule has 1 aromatic carbocycles. The minimum atomic E-state index is -0.425. The number of hydrogen-bond donors (Lipinski definition) is 1.